The number of nitrogens with one attached hydrogen (secondary N) is 1. The van der Waals surface area contributed by atoms with Crippen LogP contribution in [0.1, 0.15) is 38.3 Å². The number of hydrogen-bond acceptors (Lipinski definition) is 5. The van der Waals surface area contributed by atoms with E-state index in [9.17, 15) is 9.59 Å². The van der Waals surface area contributed by atoms with Crippen LogP contribution in [-0.4, -0.2) is 42.6 Å². The molecule has 0 aliphatic carbocycles. The van der Waals surface area contributed by atoms with E-state index in [-0.39, 0.29) is 30.2 Å². The molecule has 2 aromatic carbocycles. The van der Waals surface area contributed by atoms with Gasteiger partial charge in [-0.2, -0.15) is 0 Å². The highest BCUT2D eigenvalue weighted by Gasteiger charge is 2.38. The number of amides is 2. The molecule has 0 bridgehead atoms. The highest BCUT2D eigenvalue weighted by atomic mass is 35.5. The summed E-state index contributed by atoms with van der Waals surface area (Å²) in [7, 11) is 0. The van der Waals surface area contributed by atoms with Gasteiger partial charge in [0.25, 0.3) is 11.8 Å². The maximum atomic E-state index is 13.3. The molecular weight excluding hydrogens is 428 g/mol. The lowest BCUT2D eigenvalue weighted by molar-refractivity contribution is -0.137. The summed E-state index contributed by atoms with van der Waals surface area (Å²) < 4.78 is 11.1. The Morgan fingerprint density at radius 1 is 1.06 bits per heavy atom. The summed E-state index contributed by atoms with van der Waals surface area (Å²) in [6, 6.07) is 12.6. The molecule has 0 spiro atoms. The number of halogens is 1. The first-order chi connectivity index (χ1) is 15.3. The molecule has 6 nitrogen and oxygen atoms in total. The van der Waals surface area contributed by atoms with Gasteiger partial charge in [0.1, 0.15) is 11.4 Å². The maximum absolute atomic E-state index is 13.3. The Bertz CT molecular complexity index is 1020. The quantitative estimate of drug-likeness (QED) is 0.400. The van der Waals surface area contributed by atoms with Gasteiger partial charge in [0.15, 0.2) is 0 Å². The van der Waals surface area contributed by atoms with Gasteiger partial charge in [0.2, 0.25) is 0 Å². The van der Waals surface area contributed by atoms with Gasteiger partial charge in [-0.1, -0.05) is 29.8 Å². The summed E-state index contributed by atoms with van der Waals surface area (Å²) in [5.74, 6) is 0.0145. The van der Waals surface area contributed by atoms with Gasteiger partial charge in [-0.3, -0.25) is 14.5 Å². The van der Waals surface area contributed by atoms with E-state index >= 15 is 0 Å². The largest absolute Gasteiger partial charge is 0.494 e. The SMILES string of the molecule is CCOc1ccc(C2=C(Nc3ccc(C)c(Cl)c3)C(=O)N(CCCOC(C)C)C2=O)cc1. The van der Waals surface area contributed by atoms with Crippen LogP contribution in [0.25, 0.3) is 5.57 Å². The fourth-order valence-corrected chi connectivity index (χ4v) is 3.58. The lowest BCUT2D eigenvalue weighted by Crippen LogP contribution is -2.34. The fraction of sp³-hybridized carbons (Fsp3) is 0.360. The Labute approximate surface area is 194 Å². The van der Waals surface area contributed by atoms with E-state index in [0.717, 1.165) is 5.56 Å². The molecule has 0 fully saturated rings. The van der Waals surface area contributed by atoms with Crippen molar-refractivity contribution in [1.82, 2.24) is 4.90 Å². The molecule has 7 heteroatoms. The molecule has 1 heterocycles. The summed E-state index contributed by atoms with van der Waals surface area (Å²) in [5, 5.41) is 3.72. The van der Waals surface area contributed by atoms with Crippen molar-refractivity contribution < 1.29 is 19.1 Å². The summed E-state index contributed by atoms with van der Waals surface area (Å²) in [6.45, 7) is 9.02. The number of carbonyl (C=O) groups excluding carboxylic acids is 2. The zero-order valence-electron chi connectivity index (χ0n) is 18.9. The second kappa shape index (κ2) is 10.7. The van der Waals surface area contributed by atoms with E-state index in [0.29, 0.717) is 47.2 Å². The number of rotatable bonds is 10. The Hall–Kier alpha value is -2.83. The average Bonchev–Trinajstić information content (AvgIpc) is 2.98. The third-order valence-electron chi connectivity index (χ3n) is 5.04. The average molecular weight is 457 g/mol. The van der Waals surface area contributed by atoms with Gasteiger partial charge in [0, 0.05) is 23.9 Å². The van der Waals surface area contributed by atoms with Gasteiger partial charge in [0.05, 0.1) is 18.3 Å². The van der Waals surface area contributed by atoms with Gasteiger partial charge in [-0.05, 0) is 69.5 Å². The topological polar surface area (TPSA) is 67.9 Å². The van der Waals surface area contributed by atoms with Crippen molar-refractivity contribution >= 4 is 34.7 Å². The summed E-state index contributed by atoms with van der Waals surface area (Å²) >= 11 is 6.26. The Morgan fingerprint density at radius 3 is 2.41 bits per heavy atom. The summed E-state index contributed by atoms with van der Waals surface area (Å²) in [5.41, 5.74) is 2.79. The molecule has 3 rings (SSSR count). The number of anilines is 1. The maximum Gasteiger partial charge on any atom is 0.278 e. The Morgan fingerprint density at radius 2 is 1.78 bits per heavy atom. The molecule has 1 aliphatic rings. The minimum atomic E-state index is -0.361. The van der Waals surface area contributed by atoms with Crippen LogP contribution in [0, 0.1) is 6.92 Å². The lowest BCUT2D eigenvalue weighted by atomic mass is 10.0. The van der Waals surface area contributed by atoms with Gasteiger partial charge in [-0.15, -0.1) is 0 Å². The second-order valence-electron chi connectivity index (χ2n) is 7.83. The van der Waals surface area contributed by atoms with Crippen molar-refractivity contribution in [2.45, 2.75) is 40.2 Å². The van der Waals surface area contributed by atoms with E-state index in [2.05, 4.69) is 5.32 Å². The number of carbonyl (C=O) groups is 2. The van der Waals surface area contributed by atoms with Gasteiger partial charge >= 0.3 is 0 Å². The number of hydrogen-bond donors (Lipinski definition) is 1. The zero-order chi connectivity index (χ0) is 23.3. The Balaban J connectivity index is 1.91. The van der Waals surface area contributed by atoms with Crippen molar-refractivity contribution in [2.75, 3.05) is 25.1 Å². The fourth-order valence-electron chi connectivity index (χ4n) is 3.40. The highest BCUT2D eigenvalue weighted by Crippen LogP contribution is 2.32. The molecule has 2 amide bonds. The number of benzene rings is 2. The predicted molar refractivity (Wildman–Crippen MR) is 127 cm³/mol. The third-order valence-corrected chi connectivity index (χ3v) is 5.45. The van der Waals surface area contributed by atoms with E-state index in [4.69, 9.17) is 21.1 Å². The third kappa shape index (κ3) is 5.50. The normalized spacial score (nSPS) is 14.0. The minimum Gasteiger partial charge on any atom is -0.494 e. The van der Waals surface area contributed by atoms with Gasteiger partial charge in [-0.25, -0.2) is 0 Å². The molecule has 0 unspecified atom stereocenters. The minimum absolute atomic E-state index is 0.0982. The lowest BCUT2D eigenvalue weighted by Gasteiger charge is -2.16. The van der Waals surface area contributed by atoms with E-state index in [1.165, 1.54) is 4.90 Å². The molecule has 0 saturated heterocycles. The summed E-state index contributed by atoms with van der Waals surface area (Å²) in [4.78, 5) is 27.8. The molecule has 0 radical (unpaired) electrons. The van der Waals surface area contributed by atoms with Crippen LogP contribution < -0.4 is 10.1 Å². The highest BCUT2D eigenvalue weighted by molar-refractivity contribution is 6.36. The van der Waals surface area contributed by atoms with E-state index in [1.54, 1.807) is 30.3 Å². The van der Waals surface area contributed by atoms with Crippen LogP contribution in [0.4, 0.5) is 5.69 Å². The molecule has 1 aliphatic heterocycles. The molecule has 0 aromatic heterocycles. The predicted octanol–water partition coefficient (Wildman–Crippen LogP) is 5.05. The van der Waals surface area contributed by atoms with Crippen molar-refractivity contribution in [2.24, 2.45) is 0 Å². The van der Waals surface area contributed by atoms with Gasteiger partial charge < -0.3 is 14.8 Å². The van der Waals surface area contributed by atoms with Crippen LogP contribution in [0.3, 0.4) is 0 Å². The second-order valence-corrected chi connectivity index (χ2v) is 8.24. The number of aryl methyl sites for hydroxylation is 1. The van der Waals surface area contributed by atoms with Crippen molar-refractivity contribution in [3.63, 3.8) is 0 Å². The first kappa shape index (κ1) is 23.8. The molecule has 170 valence electrons. The Kier molecular flexibility index (Phi) is 7.94. The van der Waals surface area contributed by atoms with Crippen LogP contribution in [0.2, 0.25) is 5.02 Å². The van der Waals surface area contributed by atoms with Crippen molar-refractivity contribution in [3.05, 3.63) is 64.3 Å². The van der Waals surface area contributed by atoms with Crippen molar-refractivity contribution in [1.29, 1.82) is 0 Å². The molecule has 0 atom stereocenters. The molecule has 0 saturated carbocycles. The van der Waals surface area contributed by atoms with E-state index in [1.807, 2.05) is 39.8 Å². The summed E-state index contributed by atoms with van der Waals surface area (Å²) in [6.07, 6.45) is 0.664. The molecule has 32 heavy (non-hydrogen) atoms. The zero-order valence-corrected chi connectivity index (χ0v) is 19.7. The van der Waals surface area contributed by atoms with Crippen LogP contribution in [-0.2, 0) is 14.3 Å². The van der Waals surface area contributed by atoms with E-state index < -0.39 is 0 Å². The monoisotopic (exact) mass is 456 g/mol. The number of nitrogens with zero attached hydrogens (tertiary/aromatic N) is 1. The van der Waals surface area contributed by atoms with Crippen LogP contribution in [0.15, 0.2) is 48.2 Å². The van der Waals surface area contributed by atoms with Crippen molar-refractivity contribution in [3.8, 4) is 5.75 Å². The molecular formula is C25H29ClN2O4. The first-order valence-electron chi connectivity index (χ1n) is 10.8. The van der Waals surface area contributed by atoms with Crippen LogP contribution in [0.5, 0.6) is 5.75 Å². The van der Waals surface area contributed by atoms with Crippen LogP contribution >= 0.6 is 11.6 Å². The molecule has 1 N–H and O–H groups in total. The molecule has 2 aromatic rings. The smallest absolute Gasteiger partial charge is 0.278 e. The standard InChI is InChI=1S/C25H29ClN2O4/c1-5-31-20-11-8-18(9-12-20)22-23(27-19-10-7-17(4)21(26)15-19)25(30)28(24(22)29)13-6-14-32-16(2)3/h7-12,15-16,27H,5-6,13-14H2,1-4H3. The first-order valence-corrected chi connectivity index (χ1v) is 11.2. The number of imide groups is 1. The number of ether oxygens (including phenoxy) is 2.